The molecule has 102 valence electrons. The highest BCUT2D eigenvalue weighted by Crippen LogP contribution is 2.13. The number of benzene rings is 1. The van der Waals surface area contributed by atoms with Crippen LogP contribution in [0.3, 0.4) is 0 Å². The second-order valence-corrected chi connectivity index (χ2v) is 4.27. The molecular formula is C16H16N2O2. The number of ether oxygens (including phenoxy) is 1. The highest BCUT2D eigenvalue weighted by Gasteiger charge is 2.19. The van der Waals surface area contributed by atoms with Crippen molar-refractivity contribution in [2.45, 2.75) is 13.8 Å². The van der Waals surface area contributed by atoms with E-state index in [1.54, 1.807) is 14.0 Å². The number of aryl methyl sites for hydroxylation is 2. The number of rotatable bonds is 2. The first-order valence-corrected chi connectivity index (χ1v) is 6.41. The van der Waals surface area contributed by atoms with E-state index in [2.05, 4.69) is 16.9 Å². The smallest absolute Gasteiger partial charge is 0.357 e. The predicted molar refractivity (Wildman–Crippen MR) is 76.3 cm³/mol. The molecule has 0 spiro atoms. The van der Waals surface area contributed by atoms with Crippen LogP contribution in [0.2, 0.25) is 0 Å². The molecular weight excluding hydrogens is 252 g/mol. The molecule has 0 amide bonds. The van der Waals surface area contributed by atoms with Crippen LogP contribution in [-0.2, 0) is 11.8 Å². The van der Waals surface area contributed by atoms with E-state index in [1.807, 2.05) is 37.3 Å². The molecule has 0 radical (unpaired) electrons. The maximum atomic E-state index is 12.0. The summed E-state index contributed by atoms with van der Waals surface area (Å²) in [5.74, 6) is 5.67. The summed E-state index contributed by atoms with van der Waals surface area (Å²) in [5, 5.41) is 4.24. The molecule has 0 unspecified atom stereocenters. The molecule has 1 aromatic carbocycles. The molecule has 20 heavy (non-hydrogen) atoms. The second-order valence-electron chi connectivity index (χ2n) is 4.27. The first kappa shape index (κ1) is 13.9. The van der Waals surface area contributed by atoms with Crippen molar-refractivity contribution in [1.29, 1.82) is 0 Å². The minimum absolute atomic E-state index is 0.328. The summed E-state index contributed by atoms with van der Waals surface area (Å²) in [4.78, 5) is 12.0. The summed E-state index contributed by atoms with van der Waals surface area (Å²) in [5.41, 5.74) is 2.63. The maximum absolute atomic E-state index is 12.0. The quantitative estimate of drug-likeness (QED) is 0.620. The first-order chi connectivity index (χ1) is 9.63. The van der Waals surface area contributed by atoms with Crippen molar-refractivity contribution in [3.63, 3.8) is 0 Å². The monoisotopic (exact) mass is 268 g/mol. The lowest BCUT2D eigenvalue weighted by Gasteiger charge is -2.02. The molecule has 0 aliphatic carbocycles. The zero-order valence-electron chi connectivity index (χ0n) is 11.8. The lowest BCUT2D eigenvalue weighted by atomic mass is 10.1. The number of aromatic nitrogens is 2. The van der Waals surface area contributed by atoms with Crippen LogP contribution in [0.1, 0.15) is 34.2 Å². The van der Waals surface area contributed by atoms with Gasteiger partial charge in [-0.2, -0.15) is 5.10 Å². The first-order valence-electron chi connectivity index (χ1n) is 6.41. The number of hydrogen-bond donors (Lipinski definition) is 0. The number of esters is 1. The minimum Gasteiger partial charge on any atom is -0.461 e. The molecule has 0 N–H and O–H groups in total. The Morgan fingerprint density at radius 2 is 2.00 bits per heavy atom. The van der Waals surface area contributed by atoms with Gasteiger partial charge >= 0.3 is 5.97 Å². The number of carbonyl (C=O) groups is 1. The Kier molecular flexibility index (Phi) is 4.21. The zero-order chi connectivity index (χ0) is 14.5. The van der Waals surface area contributed by atoms with Crippen molar-refractivity contribution in [3.05, 3.63) is 52.8 Å². The van der Waals surface area contributed by atoms with E-state index in [1.165, 1.54) is 4.68 Å². The van der Waals surface area contributed by atoms with Crippen LogP contribution in [0.25, 0.3) is 0 Å². The predicted octanol–water partition coefficient (Wildman–Crippen LogP) is 2.31. The molecule has 2 rings (SSSR count). The molecule has 4 heteroatoms. The van der Waals surface area contributed by atoms with E-state index >= 15 is 0 Å². The lowest BCUT2D eigenvalue weighted by Crippen LogP contribution is -2.12. The van der Waals surface area contributed by atoms with Gasteiger partial charge in [-0.1, -0.05) is 30.0 Å². The Morgan fingerprint density at radius 1 is 1.30 bits per heavy atom. The molecule has 1 aromatic heterocycles. The van der Waals surface area contributed by atoms with Gasteiger partial charge in [0.15, 0.2) is 5.69 Å². The van der Waals surface area contributed by atoms with Crippen molar-refractivity contribution in [1.82, 2.24) is 9.78 Å². The molecule has 2 aromatic rings. The summed E-state index contributed by atoms with van der Waals surface area (Å²) >= 11 is 0. The minimum atomic E-state index is -0.395. The van der Waals surface area contributed by atoms with Crippen LogP contribution >= 0.6 is 0 Å². The van der Waals surface area contributed by atoms with Gasteiger partial charge in [0, 0.05) is 12.6 Å². The van der Waals surface area contributed by atoms with E-state index in [-0.39, 0.29) is 0 Å². The van der Waals surface area contributed by atoms with Gasteiger partial charge in [0.05, 0.1) is 17.9 Å². The van der Waals surface area contributed by atoms with E-state index in [4.69, 9.17) is 4.74 Å². The highest BCUT2D eigenvalue weighted by atomic mass is 16.5. The molecule has 1 heterocycles. The highest BCUT2D eigenvalue weighted by molar-refractivity contribution is 5.91. The second kappa shape index (κ2) is 6.07. The van der Waals surface area contributed by atoms with Gasteiger partial charge in [0.25, 0.3) is 0 Å². The Bertz CT molecular complexity index is 676. The SMILES string of the molecule is CCOC(=O)c1c(C#Cc2ccccc2)c(C)nn1C. The summed E-state index contributed by atoms with van der Waals surface area (Å²) in [6, 6.07) is 9.62. The largest absolute Gasteiger partial charge is 0.461 e. The third-order valence-corrected chi connectivity index (χ3v) is 2.80. The summed E-state index contributed by atoms with van der Waals surface area (Å²) in [6.45, 7) is 3.93. The maximum Gasteiger partial charge on any atom is 0.357 e. The van der Waals surface area contributed by atoms with Gasteiger partial charge in [-0.05, 0) is 26.0 Å². The standard InChI is InChI=1S/C16H16N2O2/c1-4-20-16(19)15-14(12(2)17-18(15)3)11-10-13-8-6-5-7-9-13/h5-9H,4H2,1-3H3. The number of nitrogens with zero attached hydrogens (tertiary/aromatic N) is 2. The Labute approximate surface area is 118 Å². The molecule has 0 saturated carbocycles. The molecule has 0 atom stereocenters. The fraction of sp³-hybridized carbons (Fsp3) is 0.250. The van der Waals surface area contributed by atoms with Crippen molar-refractivity contribution in [2.75, 3.05) is 6.61 Å². The number of hydrogen-bond acceptors (Lipinski definition) is 3. The summed E-state index contributed by atoms with van der Waals surface area (Å²) in [6.07, 6.45) is 0. The fourth-order valence-corrected chi connectivity index (χ4v) is 1.90. The Morgan fingerprint density at radius 3 is 2.65 bits per heavy atom. The molecule has 0 saturated heterocycles. The van der Waals surface area contributed by atoms with Crippen LogP contribution in [0.15, 0.2) is 30.3 Å². The van der Waals surface area contributed by atoms with Crippen molar-refractivity contribution in [3.8, 4) is 11.8 Å². The van der Waals surface area contributed by atoms with Gasteiger partial charge in [-0.25, -0.2) is 4.79 Å². The average Bonchev–Trinajstić information content (AvgIpc) is 2.72. The topological polar surface area (TPSA) is 44.1 Å². The Hall–Kier alpha value is -2.54. The average molecular weight is 268 g/mol. The van der Waals surface area contributed by atoms with Gasteiger partial charge in [-0.3, -0.25) is 4.68 Å². The molecule has 4 nitrogen and oxygen atoms in total. The van der Waals surface area contributed by atoms with Crippen molar-refractivity contribution in [2.24, 2.45) is 7.05 Å². The van der Waals surface area contributed by atoms with Crippen LogP contribution in [-0.4, -0.2) is 22.4 Å². The summed E-state index contributed by atoms with van der Waals surface area (Å²) in [7, 11) is 1.72. The van der Waals surface area contributed by atoms with Crippen LogP contribution < -0.4 is 0 Å². The van der Waals surface area contributed by atoms with Crippen LogP contribution in [0.5, 0.6) is 0 Å². The van der Waals surface area contributed by atoms with Crippen molar-refractivity contribution < 1.29 is 9.53 Å². The molecule has 0 bridgehead atoms. The normalized spacial score (nSPS) is 9.75. The molecule has 0 aliphatic heterocycles. The van der Waals surface area contributed by atoms with Crippen LogP contribution in [0.4, 0.5) is 0 Å². The van der Waals surface area contributed by atoms with E-state index in [9.17, 15) is 4.79 Å². The lowest BCUT2D eigenvalue weighted by molar-refractivity contribution is 0.0513. The third kappa shape index (κ3) is 2.89. The third-order valence-electron chi connectivity index (χ3n) is 2.80. The van der Waals surface area contributed by atoms with Crippen molar-refractivity contribution >= 4 is 5.97 Å². The van der Waals surface area contributed by atoms with Gasteiger partial charge in [-0.15, -0.1) is 0 Å². The van der Waals surface area contributed by atoms with Gasteiger partial charge < -0.3 is 4.74 Å². The van der Waals surface area contributed by atoms with E-state index < -0.39 is 5.97 Å². The fourth-order valence-electron chi connectivity index (χ4n) is 1.90. The molecule has 0 fully saturated rings. The van der Waals surface area contributed by atoms with Gasteiger partial charge in [0.1, 0.15) is 0 Å². The number of carbonyl (C=O) groups excluding carboxylic acids is 1. The zero-order valence-corrected chi connectivity index (χ0v) is 11.8. The van der Waals surface area contributed by atoms with E-state index in [0.717, 1.165) is 11.3 Å². The van der Waals surface area contributed by atoms with Crippen LogP contribution in [0, 0.1) is 18.8 Å². The Balaban J connectivity index is 2.42. The van der Waals surface area contributed by atoms with E-state index in [0.29, 0.717) is 17.9 Å². The van der Waals surface area contributed by atoms with Gasteiger partial charge in [0.2, 0.25) is 0 Å². The summed E-state index contributed by atoms with van der Waals surface area (Å²) < 4.78 is 6.56. The molecule has 0 aliphatic rings.